The zero-order valence-electron chi connectivity index (χ0n) is 14.3. The van der Waals surface area contributed by atoms with Gasteiger partial charge in [-0.15, -0.1) is 0 Å². The molecule has 6 heteroatoms. The summed E-state index contributed by atoms with van der Waals surface area (Å²) >= 11 is 5.95. The largest absolute Gasteiger partial charge is 0.368 e. The molecule has 5 nitrogen and oxygen atoms in total. The van der Waals surface area contributed by atoms with Gasteiger partial charge in [0.2, 0.25) is 5.95 Å². The molecule has 1 saturated heterocycles. The Kier molecular flexibility index (Phi) is 5.21. The van der Waals surface area contributed by atoms with Crippen LogP contribution < -0.4 is 10.6 Å². The van der Waals surface area contributed by atoms with E-state index in [0.717, 1.165) is 55.7 Å². The molecule has 2 heterocycles. The van der Waals surface area contributed by atoms with Gasteiger partial charge in [-0.1, -0.05) is 30.7 Å². The number of hydrogen-bond donors (Lipinski definition) is 1. The highest BCUT2D eigenvalue weighted by Crippen LogP contribution is 2.23. The smallest absolute Gasteiger partial charge is 0.222 e. The lowest BCUT2D eigenvalue weighted by molar-refractivity contribution is 0.249. The first kappa shape index (κ1) is 17.0. The highest BCUT2D eigenvalue weighted by atomic mass is 35.5. The average Bonchev–Trinajstić information content (AvgIpc) is 2.57. The number of aryl methyl sites for hydroxylation is 1. The Labute approximate surface area is 148 Å². The number of aromatic nitrogens is 2. The molecule has 0 aliphatic carbocycles. The standard InChI is InChI=1S/C18H24ClN5/c1-3-16-13(2)21-18(20)22-17(16)24-10-8-23(9-11-24)12-14-4-6-15(19)7-5-14/h4-7H,3,8-12H2,1-2H3,(H2,20,21,22). The summed E-state index contributed by atoms with van der Waals surface area (Å²) < 4.78 is 0. The summed E-state index contributed by atoms with van der Waals surface area (Å²) in [5.41, 5.74) is 9.35. The molecule has 1 aliphatic rings. The van der Waals surface area contributed by atoms with Gasteiger partial charge in [-0.2, -0.15) is 4.98 Å². The lowest BCUT2D eigenvalue weighted by Gasteiger charge is -2.36. The van der Waals surface area contributed by atoms with Crippen molar-refractivity contribution in [2.45, 2.75) is 26.8 Å². The van der Waals surface area contributed by atoms with Crippen molar-refractivity contribution in [3.8, 4) is 0 Å². The van der Waals surface area contributed by atoms with Crippen LogP contribution in [0.15, 0.2) is 24.3 Å². The molecular weight excluding hydrogens is 322 g/mol. The van der Waals surface area contributed by atoms with E-state index in [1.165, 1.54) is 11.1 Å². The SMILES string of the molecule is CCc1c(C)nc(N)nc1N1CCN(Cc2ccc(Cl)cc2)CC1. The Bertz CT molecular complexity index is 693. The Hall–Kier alpha value is -1.85. The topological polar surface area (TPSA) is 58.3 Å². The third-order valence-corrected chi connectivity index (χ3v) is 4.81. The summed E-state index contributed by atoms with van der Waals surface area (Å²) in [5, 5.41) is 0.785. The number of anilines is 2. The highest BCUT2D eigenvalue weighted by Gasteiger charge is 2.21. The van der Waals surface area contributed by atoms with Gasteiger partial charge in [0.25, 0.3) is 0 Å². The van der Waals surface area contributed by atoms with Gasteiger partial charge in [0.05, 0.1) is 0 Å². The van der Waals surface area contributed by atoms with Crippen LogP contribution in [0.5, 0.6) is 0 Å². The normalized spacial score (nSPS) is 15.7. The first-order chi connectivity index (χ1) is 11.6. The second-order valence-electron chi connectivity index (χ2n) is 6.21. The molecule has 24 heavy (non-hydrogen) atoms. The van der Waals surface area contributed by atoms with E-state index in [2.05, 4.69) is 38.8 Å². The van der Waals surface area contributed by atoms with Crippen molar-refractivity contribution in [1.82, 2.24) is 14.9 Å². The number of nitrogens with two attached hydrogens (primary N) is 1. The number of hydrogen-bond acceptors (Lipinski definition) is 5. The fourth-order valence-corrected chi connectivity index (χ4v) is 3.37. The van der Waals surface area contributed by atoms with Crippen LogP contribution in [-0.2, 0) is 13.0 Å². The monoisotopic (exact) mass is 345 g/mol. The number of nitrogen functional groups attached to an aromatic ring is 1. The molecule has 1 aromatic heterocycles. The molecule has 128 valence electrons. The quantitative estimate of drug-likeness (QED) is 0.923. The van der Waals surface area contributed by atoms with E-state index in [1.54, 1.807) is 0 Å². The highest BCUT2D eigenvalue weighted by molar-refractivity contribution is 6.30. The average molecular weight is 346 g/mol. The summed E-state index contributed by atoms with van der Waals surface area (Å²) in [6.07, 6.45) is 0.923. The van der Waals surface area contributed by atoms with Gasteiger partial charge in [0.15, 0.2) is 0 Å². The maximum atomic E-state index is 5.95. The van der Waals surface area contributed by atoms with Crippen molar-refractivity contribution in [1.29, 1.82) is 0 Å². The van der Waals surface area contributed by atoms with Gasteiger partial charge >= 0.3 is 0 Å². The molecule has 0 bridgehead atoms. The summed E-state index contributed by atoms with van der Waals surface area (Å²) in [5.74, 6) is 1.37. The van der Waals surface area contributed by atoms with Crippen molar-refractivity contribution in [2.24, 2.45) is 0 Å². The lowest BCUT2D eigenvalue weighted by Crippen LogP contribution is -2.46. The Morgan fingerprint density at radius 3 is 2.38 bits per heavy atom. The van der Waals surface area contributed by atoms with Gasteiger partial charge in [-0.25, -0.2) is 4.98 Å². The lowest BCUT2D eigenvalue weighted by atomic mass is 10.1. The van der Waals surface area contributed by atoms with Gasteiger partial charge in [-0.3, -0.25) is 4.90 Å². The van der Waals surface area contributed by atoms with Crippen LogP contribution in [0.25, 0.3) is 0 Å². The minimum atomic E-state index is 0.364. The Morgan fingerprint density at radius 2 is 1.75 bits per heavy atom. The number of piperazine rings is 1. The van der Waals surface area contributed by atoms with E-state index in [0.29, 0.717) is 5.95 Å². The van der Waals surface area contributed by atoms with E-state index < -0.39 is 0 Å². The first-order valence-electron chi connectivity index (χ1n) is 8.41. The summed E-state index contributed by atoms with van der Waals surface area (Å²) in [6, 6.07) is 8.09. The molecule has 0 saturated carbocycles. The molecule has 1 aliphatic heterocycles. The third kappa shape index (κ3) is 3.79. The predicted octanol–water partition coefficient (Wildman–Crippen LogP) is 2.91. The molecule has 2 N–H and O–H groups in total. The fraction of sp³-hybridized carbons (Fsp3) is 0.444. The molecule has 0 unspecified atom stereocenters. The van der Waals surface area contributed by atoms with Crippen LogP contribution in [0.1, 0.15) is 23.7 Å². The number of benzene rings is 1. The van der Waals surface area contributed by atoms with Gasteiger partial charge < -0.3 is 10.6 Å². The molecule has 0 atom stereocenters. The number of nitrogens with zero attached hydrogens (tertiary/aromatic N) is 4. The van der Waals surface area contributed by atoms with E-state index >= 15 is 0 Å². The molecule has 0 radical (unpaired) electrons. The molecule has 0 amide bonds. The molecule has 1 fully saturated rings. The number of rotatable bonds is 4. The predicted molar refractivity (Wildman–Crippen MR) is 99.5 cm³/mol. The first-order valence-corrected chi connectivity index (χ1v) is 8.79. The summed E-state index contributed by atoms with van der Waals surface area (Å²) in [4.78, 5) is 13.6. The maximum absolute atomic E-state index is 5.95. The van der Waals surface area contributed by atoms with Crippen LogP contribution in [-0.4, -0.2) is 41.0 Å². The van der Waals surface area contributed by atoms with Crippen LogP contribution in [0.2, 0.25) is 5.02 Å². The van der Waals surface area contributed by atoms with Crippen molar-refractivity contribution in [2.75, 3.05) is 36.8 Å². The maximum Gasteiger partial charge on any atom is 0.222 e. The van der Waals surface area contributed by atoms with Crippen molar-refractivity contribution >= 4 is 23.4 Å². The van der Waals surface area contributed by atoms with E-state index in [4.69, 9.17) is 17.3 Å². The second-order valence-corrected chi connectivity index (χ2v) is 6.65. The van der Waals surface area contributed by atoms with Crippen LogP contribution in [0.4, 0.5) is 11.8 Å². The minimum Gasteiger partial charge on any atom is -0.368 e. The van der Waals surface area contributed by atoms with Crippen LogP contribution in [0, 0.1) is 6.92 Å². The van der Waals surface area contributed by atoms with Crippen LogP contribution >= 0.6 is 11.6 Å². The zero-order valence-corrected chi connectivity index (χ0v) is 15.1. The Balaban J connectivity index is 1.66. The molecule has 3 rings (SSSR count). The van der Waals surface area contributed by atoms with E-state index in [1.807, 2.05) is 19.1 Å². The zero-order chi connectivity index (χ0) is 17.1. The molecule has 1 aromatic carbocycles. The molecular formula is C18H24ClN5. The summed E-state index contributed by atoms with van der Waals surface area (Å²) in [7, 11) is 0. The van der Waals surface area contributed by atoms with E-state index in [9.17, 15) is 0 Å². The van der Waals surface area contributed by atoms with Gasteiger partial charge in [0, 0.05) is 49.0 Å². The second kappa shape index (κ2) is 7.36. The van der Waals surface area contributed by atoms with E-state index in [-0.39, 0.29) is 0 Å². The van der Waals surface area contributed by atoms with Crippen LogP contribution in [0.3, 0.4) is 0 Å². The van der Waals surface area contributed by atoms with Crippen molar-refractivity contribution in [3.05, 3.63) is 46.1 Å². The fourth-order valence-electron chi connectivity index (χ4n) is 3.24. The third-order valence-electron chi connectivity index (χ3n) is 4.55. The minimum absolute atomic E-state index is 0.364. The molecule has 2 aromatic rings. The summed E-state index contributed by atoms with van der Waals surface area (Å²) in [6.45, 7) is 9.03. The Morgan fingerprint density at radius 1 is 1.08 bits per heavy atom. The number of halogens is 1. The molecule has 0 spiro atoms. The van der Waals surface area contributed by atoms with Crippen molar-refractivity contribution < 1.29 is 0 Å². The van der Waals surface area contributed by atoms with Crippen molar-refractivity contribution in [3.63, 3.8) is 0 Å². The van der Waals surface area contributed by atoms with Gasteiger partial charge in [-0.05, 0) is 31.0 Å². The van der Waals surface area contributed by atoms with Gasteiger partial charge in [0.1, 0.15) is 5.82 Å².